The molecular weight excluding hydrogens is 242 g/mol. The van der Waals surface area contributed by atoms with Gasteiger partial charge in [0, 0.05) is 31.9 Å². The summed E-state index contributed by atoms with van der Waals surface area (Å²) in [5, 5.41) is 2.93. The lowest BCUT2D eigenvalue weighted by molar-refractivity contribution is -0.119. The van der Waals surface area contributed by atoms with Gasteiger partial charge in [0.15, 0.2) is 0 Å². The van der Waals surface area contributed by atoms with Crippen molar-refractivity contribution in [1.82, 2.24) is 9.80 Å². The second-order valence-electron chi connectivity index (χ2n) is 4.81. The van der Waals surface area contributed by atoms with Crippen LogP contribution < -0.4 is 5.32 Å². The molecule has 102 valence electrons. The van der Waals surface area contributed by atoms with E-state index in [4.69, 9.17) is 0 Å². The van der Waals surface area contributed by atoms with E-state index in [1.165, 1.54) is 0 Å². The highest BCUT2D eigenvalue weighted by Crippen LogP contribution is 2.18. The van der Waals surface area contributed by atoms with E-state index < -0.39 is 0 Å². The minimum Gasteiger partial charge on any atom is -0.342 e. The third kappa shape index (κ3) is 3.05. The zero-order chi connectivity index (χ0) is 13.8. The third-order valence-electron chi connectivity index (χ3n) is 3.60. The maximum Gasteiger partial charge on any atom is 0.321 e. The summed E-state index contributed by atoms with van der Waals surface area (Å²) >= 11 is 0. The molecule has 0 spiro atoms. The number of anilines is 1. The number of aryl methyl sites for hydroxylation is 1. The van der Waals surface area contributed by atoms with Crippen LogP contribution in [-0.4, -0.2) is 48.4 Å². The fourth-order valence-electron chi connectivity index (χ4n) is 2.11. The Morgan fingerprint density at radius 1 is 1.21 bits per heavy atom. The molecule has 3 amide bonds. The Morgan fingerprint density at radius 2 is 1.89 bits per heavy atom. The predicted octanol–water partition coefficient (Wildman–Crippen LogP) is 1.61. The van der Waals surface area contributed by atoms with E-state index in [1.54, 1.807) is 9.80 Å². The van der Waals surface area contributed by atoms with E-state index in [-0.39, 0.29) is 6.03 Å². The lowest BCUT2D eigenvalue weighted by Gasteiger charge is -2.32. The Balaban J connectivity index is 1.98. The number of urea groups is 1. The maximum absolute atomic E-state index is 12.1. The molecule has 1 N–H and O–H groups in total. The van der Waals surface area contributed by atoms with Crippen molar-refractivity contribution in [3.63, 3.8) is 0 Å². The number of piperazine rings is 1. The Morgan fingerprint density at radius 3 is 2.53 bits per heavy atom. The van der Waals surface area contributed by atoms with Gasteiger partial charge in [-0.15, -0.1) is 0 Å². The SMILES string of the molecule is Cc1cccc(NC(=O)N2CCN(C=O)CC2)c1C. The second kappa shape index (κ2) is 5.73. The smallest absolute Gasteiger partial charge is 0.321 e. The van der Waals surface area contributed by atoms with Crippen LogP contribution in [0.25, 0.3) is 0 Å². The minimum absolute atomic E-state index is 0.0979. The van der Waals surface area contributed by atoms with E-state index in [0.717, 1.165) is 23.2 Å². The van der Waals surface area contributed by atoms with Gasteiger partial charge in [0.2, 0.25) is 6.41 Å². The van der Waals surface area contributed by atoms with Gasteiger partial charge in [-0.05, 0) is 31.0 Å². The molecule has 0 aromatic heterocycles. The molecule has 1 aromatic carbocycles. The van der Waals surface area contributed by atoms with Gasteiger partial charge in [0.1, 0.15) is 0 Å². The van der Waals surface area contributed by atoms with E-state index >= 15 is 0 Å². The highest BCUT2D eigenvalue weighted by atomic mass is 16.2. The van der Waals surface area contributed by atoms with Crippen LogP contribution in [0.4, 0.5) is 10.5 Å². The van der Waals surface area contributed by atoms with Gasteiger partial charge in [0.25, 0.3) is 0 Å². The summed E-state index contributed by atoms with van der Waals surface area (Å²) in [6.45, 7) is 6.38. The zero-order valence-electron chi connectivity index (χ0n) is 11.3. The predicted molar refractivity (Wildman–Crippen MR) is 74.1 cm³/mol. The van der Waals surface area contributed by atoms with Crippen molar-refractivity contribution >= 4 is 18.1 Å². The number of rotatable bonds is 2. The topological polar surface area (TPSA) is 52.7 Å². The summed E-state index contributed by atoms with van der Waals surface area (Å²) in [5.74, 6) is 0. The molecule has 0 bridgehead atoms. The first kappa shape index (κ1) is 13.4. The quantitative estimate of drug-likeness (QED) is 0.822. The molecule has 0 unspecified atom stereocenters. The van der Waals surface area contributed by atoms with Crippen LogP contribution in [0.1, 0.15) is 11.1 Å². The Hall–Kier alpha value is -2.04. The van der Waals surface area contributed by atoms with Crippen LogP contribution in [0.2, 0.25) is 0 Å². The van der Waals surface area contributed by atoms with Crippen molar-refractivity contribution in [1.29, 1.82) is 0 Å². The van der Waals surface area contributed by atoms with Gasteiger partial charge in [-0.25, -0.2) is 4.79 Å². The van der Waals surface area contributed by atoms with Crippen molar-refractivity contribution in [2.45, 2.75) is 13.8 Å². The molecule has 1 aliphatic rings. The van der Waals surface area contributed by atoms with Crippen molar-refractivity contribution in [2.75, 3.05) is 31.5 Å². The first-order chi connectivity index (χ1) is 9.11. The summed E-state index contributed by atoms with van der Waals surface area (Å²) in [4.78, 5) is 26.2. The molecule has 0 saturated carbocycles. The molecule has 1 heterocycles. The number of hydrogen-bond acceptors (Lipinski definition) is 2. The van der Waals surface area contributed by atoms with Gasteiger partial charge in [-0.1, -0.05) is 12.1 Å². The summed E-state index contributed by atoms with van der Waals surface area (Å²) in [6, 6.07) is 5.76. The molecule has 1 aromatic rings. The fourth-order valence-corrected chi connectivity index (χ4v) is 2.11. The van der Waals surface area contributed by atoms with Crippen LogP contribution in [0, 0.1) is 13.8 Å². The number of amides is 3. The van der Waals surface area contributed by atoms with Crippen molar-refractivity contribution in [2.24, 2.45) is 0 Å². The molecule has 1 saturated heterocycles. The van der Waals surface area contributed by atoms with Gasteiger partial charge in [-0.3, -0.25) is 4.79 Å². The Bertz CT molecular complexity index is 480. The number of nitrogens with one attached hydrogen (secondary N) is 1. The van der Waals surface area contributed by atoms with Gasteiger partial charge < -0.3 is 15.1 Å². The molecule has 1 fully saturated rings. The maximum atomic E-state index is 12.1. The zero-order valence-corrected chi connectivity index (χ0v) is 11.3. The number of benzene rings is 1. The molecule has 1 aliphatic heterocycles. The van der Waals surface area contributed by atoms with Gasteiger partial charge in [0.05, 0.1) is 0 Å². The highest BCUT2D eigenvalue weighted by molar-refractivity contribution is 5.90. The van der Waals surface area contributed by atoms with E-state index in [9.17, 15) is 9.59 Å². The molecule has 19 heavy (non-hydrogen) atoms. The molecular formula is C14H19N3O2. The average Bonchev–Trinajstić information content (AvgIpc) is 2.44. The highest BCUT2D eigenvalue weighted by Gasteiger charge is 2.20. The normalized spacial score (nSPS) is 15.3. The summed E-state index contributed by atoms with van der Waals surface area (Å²) in [6.07, 6.45) is 0.833. The summed E-state index contributed by atoms with van der Waals surface area (Å²) in [5.41, 5.74) is 3.09. The van der Waals surface area contributed by atoms with Crippen LogP contribution in [0.15, 0.2) is 18.2 Å². The van der Waals surface area contributed by atoms with Crippen LogP contribution in [0.5, 0.6) is 0 Å². The fraction of sp³-hybridized carbons (Fsp3) is 0.429. The van der Waals surface area contributed by atoms with Gasteiger partial charge in [-0.2, -0.15) is 0 Å². The molecule has 5 heteroatoms. The lowest BCUT2D eigenvalue weighted by Crippen LogP contribution is -2.49. The largest absolute Gasteiger partial charge is 0.342 e. The van der Waals surface area contributed by atoms with Crippen LogP contribution in [0.3, 0.4) is 0 Å². The first-order valence-electron chi connectivity index (χ1n) is 6.43. The number of nitrogens with zero attached hydrogens (tertiary/aromatic N) is 2. The van der Waals surface area contributed by atoms with Crippen LogP contribution in [-0.2, 0) is 4.79 Å². The second-order valence-corrected chi connectivity index (χ2v) is 4.81. The lowest BCUT2D eigenvalue weighted by atomic mass is 10.1. The molecule has 0 atom stereocenters. The van der Waals surface area contributed by atoms with Crippen molar-refractivity contribution in [3.8, 4) is 0 Å². The van der Waals surface area contributed by atoms with Crippen molar-refractivity contribution in [3.05, 3.63) is 29.3 Å². The molecule has 5 nitrogen and oxygen atoms in total. The minimum atomic E-state index is -0.0979. The number of carbonyl (C=O) groups excluding carboxylic acids is 2. The molecule has 0 radical (unpaired) electrons. The Kier molecular flexibility index (Phi) is 4.04. The molecule has 0 aliphatic carbocycles. The summed E-state index contributed by atoms with van der Waals surface area (Å²) < 4.78 is 0. The number of carbonyl (C=O) groups is 2. The number of hydrogen-bond donors (Lipinski definition) is 1. The van der Waals surface area contributed by atoms with E-state index in [2.05, 4.69) is 5.32 Å². The van der Waals surface area contributed by atoms with Gasteiger partial charge >= 0.3 is 6.03 Å². The standard InChI is InChI=1S/C14H19N3O2/c1-11-4-3-5-13(12(11)2)15-14(19)17-8-6-16(10-18)7-9-17/h3-5,10H,6-9H2,1-2H3,(H,15,19). The molecule has 2 rings (SSSR count). The van der Waals surface area contributed by atoms with Crippen LogP contribution >= 0.6 is 0 Å². The monoisotopic (exact) mass is 261 g/mol. The van der Waals surface area contributed by atoms with Crippen molar-refractivity contribution < 1.29 is 9.59 Å². The average molecular weight is 261 g/mol. The third-order valence-corrected chi connectivity index (χ3v) is 3.60. The summed E-state index contributed by atoms with van der Waals surface area (Å²) in [7, 11) is 0. The van der Waals surface area contributed by atoms with E-state index in [1.807, 2.05) is 32.0 Å². The first-order valence-corrected chi connectivity index (χ1v) is 6.43. The van der Waals surface area contributed by atoms with E-state index in [0.29, 0.717) is 26.2 Å². The Labute approximate surface area is 113 Å².